The summed E-state index contributed by atoms with van der Waals surface area (Å²) in [6, 6.07) is 7.64. The van der Waals surface area contributed by atoms with Crippen molar-refractivity contribution in [1.29, 1.82) is 0 Å². The van der Waals surface area contributed by atoms with Gasteiger partial charge < -0.3 is 10.6 Å². The molecule has 0 spiro atoms. The first-order chi connectivity index (χ1) is 8.50. The van der Waals surface area contributed by atoms with Crippen LogP contribution in [-0.2, 0) is 0 Å². The van der Waals surface area contributed by atoms with Crippen molar-refractivity contribution in [2.75, 3.05) is 17.7 Å². The summed E-state index contributed by atoms with van der Waals surface area (Å²) >= 11 is 0. The second kappa shape index (κ2) is 4.60. The third kappa shape index (κ3) is 2.11. The van der Waals surface area contributed by atoms with E-state index in [2.05, 4.69) is 0 Å². The molecule has 0 bridgehead atoms. The molecule has 94 valence electrons. The monoisotopic (exact) mass is 252 g/mol. The molecule has 0 amide bonds. The summed E-state index contributed by atoms with van der Waals surface area (Å²) < 4.78 is 39.7. The van der Waals surface area contributed by atoms with Crippen molar-refractivity contribution in [3.8, 4) is 0 Å². The van der Waals surface area contributed by atoms with Crippen LogP contribution in [0, 0.1) is 17.5 Å². The molecular formula is C13H11F3N2. The van der Waals surface area contributed by atoms with E-state index in [-0.39, 0.29) is 11.4 Å². The van der Waals surface area contributed by atoms with Crippen molar-refractivity contribution in [1.82, 2.24) is 0 Å². The van der Waals surface area contributed by atoms with E-state index >= 15 is 0 Å². The molecular weight excluding hydrogens is 241 g/mol. The lowest BCUT2D eigenvalue weighted by Gasteiger charge is -2.22. The van der Waals surface area contributed by atoms with E-state index < -0.39 is 17.5 Å². The summed E-state index contributed by atoms with van der Waals surface area (Å²) in [7, 11) is 1.53. The molecule has 5 heteroatoms. The summed E-state index contributed by atoms with van der Waals surface area (Å²) in [5.41, 5.74) is 6.19. The van der Waals surface area contributed by atoms with Crippen molar-refractivity contribution < 1.29 is 13.2 Å². The SMILES string of the molecule is CN(c1ccc(F)cc1)c1c(N)ccc(F)c1F. The van der Waals surface area contributed by atoms with Crippen LogP contribution in [0.2, 0.25) is 0 Å². The molecule has 2 rings (SSSR count). The number of hydrogen-bond acceptors (Lipinski definition) is 2. The molecule has 18 heavy (non-hydrogen) atoms. The Bertz CT molecular complexity index is 567. The molecule has 0 saturated heterocycles. The molecule has 0 aromatic heterocycles. The molecule has 2 N–H and O–H groups in total. The summed E-state index contributed by atoms with van der Waals surface area (Å²) in [5, 5.41) is 0. The van der Waals surface area contributed by atoms with E-state index in [0.29, 0.717) is 5.69 Å². The van der Waals surface area contributed by atoms with Gasteiger partial charge in [-0.15, -0.1) is 0 Å². The van der Waals surface area contributed by atoms with Gasteiger partial charge in [0.1, 0.15) is 11.5 Å². The standard InChI is InChI=1S/C13H11F3N2/c1-18(9-4-2-8(14)3-5-9)13-11(17)7-6-10(15)12(13)16/h2-7H,17H2,1H3. The highest BCUT2D eigenvalue weighted by Gasteiger charge is 2.16. The fourth-order valence-corrected chi connectivity index (χ4v) is 1.69. The molecule has 0 heterocycles. The highest BCUT2D eigenvalue weighted by molar-refractivity contribution is 5.74. The Hall–Kier alpha value is -2.17. The van der Waals surface area contributed by atoms with E-state index in [1.807, 2.05) is 0 Å². The van der Waals surface area contributed by atoms with Gasteiger partial charge in [-0.25, -0.2) is 13.2 Å². The summed E-state index contributed by atoms with van der Waals surface area (Å²) in [5.74, 6) is -2.41. The van der Waals surface area contributed by atoms with Crippen molar-refractivity contribution in [2.45, 2.75) is 0 Å². The van der Waals surface area contributed by atoms with Crippen LogP contribution in [0.5, 0.6) is 0 Å². The normalized spacial score (nSPS) is 10.4. The van der Waals surface area contributed by atoms with E-state index in [1.165, 1.54) is 42.3 Å². The van der Waals surface area contributed by atoms with Crippen LogP contribution >= 0.6 is 0 Å². The van der Waals surface area contributed by atoms with Gasteiger partial charge in [-0.2, -0.15) is 0 Å². The lowest BCUT2D eigenvalue weighted by Crippen LogP contribution is -2.14. The molecule has 0 aliphatic heterocycles. The van der Waals surface area contributed by atoms with E-state index in [4.69, 9.17) is 5.73 Å². The van der Waals surface area contributed by atoms with Crippen LogP contribution in [0.15, 0.2) is 36.4 Å². The number of halogens is 3. The molecule has 0 atom stereocenters. The quantitative estimate of drug-likeness (QED) is 0.829. The minimum absolute atomic E-state index is 0.0680. The Kier molecular flexibility index (Phi) is 3.14. The lowest BCUT2D eigenvalue weighted by molar-refractivity contribution is 0.510. The Balaban J connectivity index is 2.49. The zero-order chi connectivity index (χ0) is 13.3. The van der Waals surface area contributed by atoms with Gasteiger partial charge in [0.15, 0.2) is 11.6 Å². The van der Waals surface area contributed by atoms with Gasteiger partial charge in [0.05, 0.1) is 5.69 Å². The Morgan fingerprint density at radius 2 is 1.56 bits per heavy atom. The number of nitrogen functional groups attached to an aromatic ring is 1. The summed E-state index contributed by atoms with van der Waals surface area (Å²) in [6.07, 6.45) is 0. The van der Waals surface area contributed by atoms with Crippen LogP contribution in [0.1, 0.15) is 0 Å². The molecule has 0 aliphatic rings. The molecule has 0 unspecified atom stereocenters. The maximum Gasteiger partial charge on any atom is 0.184 e. The van der Waals surface area contributed by atoms with E-state index in [0.717, 1.165) is 6.07 Å². The van der Waals surface area contributed by atoms with Gasteiger partial charge in [-0.3, -0.25) is 0 Å². The molecule has 2 aromatic rings. The van der Waals surface area contributed by atoms with E-state index in [9.17, 15) is 13.2 Å². The predicted octanol–water partition coefficient (Wildman–Crippen LogP) is 3.45. The summed E-state index contributed by atoms with van der Waals surface area (Å²) in [6.45, 7) is 0. The second-order valence-corrected chi connectivity index (χ2v) is 3.83. The van der Waals surface area contributed by atoms with Crippen LogP contribution in [0.25, 0.3) is 0 Å². The van der Waals surface area contributed by atoms with Crippen molar-refractivity contribution in [3.05, 3.63) is 53.8 Å². The molecule has 0 saturated carbocycles. The fourth-order valence-electron chi connectivity index (χ4n) is 1.69. The number of nitrogens with two attached hydrogens (primary N) is 1. The van der Waals surface area contributed by atoms with Gasteiger partial charge in [0.2, 0.25) is 0 Å². The minimum Gasteiger partial charge on any atom is -0.397 e. The molecule has 2 nitrogen and oxygen atoms in total. The number of hydrogen-bond donors (Lipinski definition) is 1. The Morgan fingerprint density at radius 1 is 0.944 bits per heavy atom. The van der Waals surface area contributed by atoms with Gasteiger partial charge >= 0.3 is 0 Å². The molecule has 2 aromatic carbocycles. The van der Waals surface area contributed by atoms with Crippen molar-refractivity contribution >= 4 is 17.1 Å². The van der Waals surface area contributed by atoms with Crippen LogP contribution in [0.4, 0.5) is 30.2 Å². The first-order valence-electron chi connectivity index (χ1n) is 5.23. The van der Waals surface area contributed by atoms with Gasteiger partial charge in [0.25, 0.3) is 0 Å². The topological polar surface area (TPSA) is 29.3 Å². The highest BCUT2D eigenvalue weighted by atomic mass is 19.2. The molecule has 0 aliphatic carbocycles. The highest BCUT2D eigenvalue weighted by Crippen LogP contribution is 2.32. The minimum atomic E-state index is -1.03. The van der Waals surface area contributed by atoms with Crippen LogP contribution in [0.3, 0.4) is 0 Å². The van der Waals surface area contributed by atoms with Gasteiger partial charge in [0, 0.05) is 12.7 Å². The average molecular weight is 252 g/mol. The molecule has 0 radical (unpaired) electrons. The van der Waals surface area contributed by atoms with Crippen molar-refractivity contribution in [3.63, 3.8) is 0 Å². The Labute approximate surface area is 102 Å². The average Bonchev–Trinajstić information content (AvgIpc) is 2.35. The third-order valence-corrected chi connectivity index (χ3v) is 2.65. The maximum absolute atomic E-state index is 13.7. The zero-order valence-corrected chi connectivity index (χ0v) is 9.62. The number of benzene rings is 2. The first-order valence-corrected chi connectivity index (χ1v) is 5.23. The largest absolute Gasteiger partial charge is 0.397 e. The van der Waals surface area contributed by atoms with Crippen LogP contribution in [-0.4, -0.2) is 7.05 Å². The number of anilines is 3. The fraction of sp³-hybridized carbons (Fsp3) is 0.0769. The first kappa shape index (κ1) is 12.3. The van der Waals surface area contributed by atoms with Crippen LogP contribution < -0.4 is 10.6 Å². The van der Waals surface area contributed by atoms with Crippen molar-refractivity contribution in [2.24, 2.45) is 0 Å². The zero-order valence-electron chi connectivity index (χ0n) is 9.62. The maximum atomic E-state index is 13.7. The Morgan fingerprint density at radius 3 is 2.17 bits per heavy atom. The predicted molar refractivity (Wildman–Crippen MR) is 65.2 cm³/mol. The summed E-state index contributed by atoms with van der Waals surface area (Å²) in [4.78, 5) is 1.37. The third-order valence-electron chi connectivity index (χ3n) is 2.65. The smallest absolute Gasteiger partial charge is 0.184 e. The number of nitrogens with zero attached hydrogens (tertiary/aromatic N) is 1. The van der Waals surface area contributed by atoms with E-state index in [1.54, 1.807) is 0 Å². The molecule has 0 fully saturated rings. The lowest BCUT2D eigenvalue weighted by atomic mass is 10.2. The van der Waals surface area contributed by atoms with Gasteiger partial charge in [-0.1, -0.05) is 0 Å². The number of rotatable bonds is 2. The van der Waals surface area contributed by atoms with Gasteiger partial charge in [-0.05, 0) is 36.4 Å². The second-order valence-electron chi connectivity index (χ2n) is 3.83.